The fourth-order valence-corrected chi connectivity index (χ4v) is 4.00. The number of hydrogen-bond acceptors (Lipinski definition) is 6. The van der Waals surface area contributed by atoms with Gasteiger partial charge in [-0.05, 0) is 48.4 Å². The maximum Gasteiger partial charge on any atom is 0.243 e. The van der Waals surface area contributed by atoms with Crippen molar-refractivity contribution in [3.8, 4) is 5.75 Å². The monoisotopic (exact) mass is 488 g/mol. The zero-order valence-electron chi connectivity index (χ0n) is 18.7. The van der Waals surface area contributed by atoms with E-state index in [4.69, 9.17) is 5.73 Å². The number of nitrogens with zero attached hydrogens (tertiary/aromatic N) is 5. The predicted octanol–water partition coefficient (Wildman–Crippen LogP) is 4.79. The average Bonchev–Trinajstić information content (AvgIpc) is 3.25. The van der Waals surface area contributed by atoms with Crippen molar-refractivity contribution in [2.75, 3.05) is 10.7 Å². The molecular weight excluding hydrogens is 467 g/mol. The molecule has 1 aliphatic rings. The quantitative estimate of drug-likeness (QED) is 0.293. The van der Waals surface area contributed by atoms with Gasteiger partial charge in [0.15, 0.2) is 10.9 Å². The third-order valence-electron chi connectivity index (χ3n) is 5.01. The van der Waals surface area contributed by atoms with E-state index in [1.54, 1.807) is 23.2 Å². The highest BCUT2D eigenvalue weighted by atomic mass is 32.2. The first kappa shape index (κ1) is 23.8. The number of aliphatic imine (C=N–C) groups is 2. The van der Waals surface area contributed by atoms with E-state index in [2.05, 4.69) is 25.1 Å². The highest BCUT2D eigenvalue weighted by Gasteiger charge is 2.30. The predicted molar refractivity (Wildman–Crippen MR) is 140 cm³/mol. The number of benzene rings is 3. The van der Waals surface area contributed by atoms with Gasteiger partial charge in [-0.1, -0.05) is 54.2 Å². The fraction of sp³-hybridized carbons (Fsp3) is 0.0800. The summed E-state index contributed by atoms with van der Waals surface area (Å²) in [6.45, 7) is 1.95. The summed E-state index contributed by atoms with van der Waals surface area (Å²) in [6.07, 6.45) is 2.93. The lowest BCUT2D eigenvalue weighted by Gasteiger charge is -2.17. The highest BCUT2D eigenvalue weighted by molar-refractivity contribution is 8.15. The van der Waals surface area contributed by atoms with Gasteiger partial charge in [-0.2, -0.15) is 5.10 Å². The normalized spacial score (nSPS) is 15.6. The van der Waals surface area contributed by atoms with Gasteiger partial charge in [-0.15, -0.1) is 5.10 Å². The fourth-order valence-electron chi connectivity index (χ4n) is 3.19. The lowest BCUT2D eigenvalue weighted by atomic mass is 10.1. The van der Waals surface area contributed by atoms with Crippen molar-refractivity contribution in [2.24, 2.45) is 25.9 Å². The van der Waals surface area contributed by atoms with Crippen molar-refractivity contribution in [1.29, 1.82) is 0 Å². The molecule has 1 fully saturated rings. The minimum Gasteiger partial charge on any atom is -0.383 e. The number of carbonyl (C=O) groups excluding carboxylic acids is 1. The first-order valence-electron chi connectivity index (χ1n) is 10.5. The molecule has 0 aromatic heterocycles. The number of thioether (sulfide) groups is 1. The molecule has 3 aromatic rings. The van der Waals surface area contributed by atoms with Gasteiger partial charge in [0.05, 0.1) is 23.3 Å². The van der Waals surface area contributed by atoms with Crippen LogP contribution >= 0.6 is 11.8 Å². The van der Waals surface area contributed by atoms with Crippen LogP contribution in [0.25, 0.3) is 0 Å². The summed E-state index contributed by atoms with van der Waals surface area (Å²) >= 11 is 1.36. The molecule has 4 rings (SSSR count). The Labute approximate surface area is 205 Å². The maximum atomic E-state index is 12.4. The van der Waals surface area contributed by atoms with E-state index in [9.17, 15) is 9.32 Å². The number of amidine groups is 2. The third-order valence-corrected chi connectivity index (χ3v) is 5.92. The summed E-state index contributed by atoms with van der Waals surface area (Å²) in [5, 5.41) is 8.97. The largest absolute Gasteiger partial charge is 0.383 e. The van der Waals surface area contributed by atoms with Crippen molar-refractivity contribution in [3.63, 3.8) is 0 Å². The van der Waals surface area contributed by atoms with E-state index >= 15 is 0 Å². The summed E-state index contributed by atoms with van der Waals surface area (Å²) in [5.74, 6) is 0.695. The number of rotatable bonds is 7. The van der Waals surface area contributed by atoms with Crippen LogP contribution in [0.15, 0.2) is 93.0 Å². The Morgan fingerprint density at radius 3 is 2.54 bits per heavy atom. The zero-order chi connectivity index (χ0) is 24.6. The van der Waals surface area contributed by atoms with E-state index in [1.165, 1.54) is 30.2 Å². The minimum atomic E-state index is -0.0216. The lowest BCUT2D eigenvalue weighted by molar-refractivity contribution is -0.115. The van der Waals surface area contributed by atoms with E-state index in [0.29, 0.717) is 22.2 Å². The Balaban J connectivity index is 1.41. The number of aryl methyl sites for hydroxylation is 1. The summed E-state index contributed by atoms with van der Waals surface area (Å²) < 4.78 is 12.1. The van der Waals surface area contributed by atoms with Crippen LogP contribution in [-0.4, -0.2) is 35.2 Å². The Bertz CT molecular complexity index is 1320. The van der Waals surface area contributed by atoms with Crippen molar-refractivity contribution >= 4 is 52.6 Å². The maximum absolute atomic E-state index is 12.4. The second-order valence-electron chi connectivity index (χ2n) is 7.38. The molecule has 1 saturated heterocycles. The van der Waals surface area contributed by atoms with Crippen LogP contribution < -0.4 is 15.6 Å². The smallest absolute Gasteiger partial charge is 0.243 e. The molecular formula is C25H21FN6O2S. The van der Waals surface area contributed by atoms with Crippen LogP contribution in [0.4, 0.5) is 15.9 Å². The number of carbonyl (C=O) groups is 1. The topological polar surface area (TPSA) is 105 Å². The average molecular weight is 489 g/mol. The molecule has 35 heavy (non-hydrogen) atoms. The van der Waals surface area contributed by atoms with E-state index in [-0.39, 0.29) is 17.5 Å². The van der Waals surface area contributed by atoms with E-state index in [0.717, 1.165) is 16.8 Å². The molecule has 3 aromatic carbocycles. The van der Waals surface area contributed by atoms with E-state index in [1.807, 2.05) is 55.5 Å². The van der Waals surface area contributed by atoms with Crippen LogP contribution in [-0.2, 0) is 4.79 Å². The molecule has 0 aliphatic carbocycles. The van der Waals surface area contributed by atoms with Gasteiger partial charge in [0.25, 0.3) is 0 Å². The Morgan fingerprint density at radius 2 is 1.83 bits per heavy atom. The number of amides is 1. The van der Waals surface area contributed by atoms with Gasteiger partial charge in [-0.25, -0.2) is 9.98 Å². The number of nitrogens with two attached hydrogens (primary N) is 1. The second kappa shape index (κ2) is 11.2. The van der Waals surface area contributed by atoms with Gasteiger partial charge in [0.1, 0.15) is 12.2 Å². The molecule has 1 amide bonds. The second-order valence-corrected chi connectivity index (χ2v) is 8.33. The standard InChI is InChI=1S/C25H21FN6O2S/c1-17-4-2-3-5-22(17)32-23(33)15-35-25(32)31-30-14-18-6-8-19(9-7-18)24(27)29-16-28-20-10-12-21(34-26)13-11-20/h2-14,16H,15H2,1H3,(H2,27,28,29)/b30-14+,31-25-. The van der Waals surface area contributed by atoms with Crippen molar-refractivity contribution in [2.45, 2.75) is 6.92 Å². The molecule has 0 unspecified atom stereocenters. The van der Waals surface area contributed by atoms with Crippen molar-refractivity contribution in [3.05, 3.63) is 89.5 Å². The SMILES string of the molecule is Cc1ccccc1N1C(=O)CS/C1=N\N=C\c1ccc(C(N)=NC=Nc2ccc(OF)cc2)cc1. The van der Waals surface area contributed by atoms with Crippen molar-refractivity contribution < 1.29 is 14.3 Å². The molecule has 0 atom stereocenters. The lowest BCUT2D eigenvalue weighted by Crippen LogP contribution is -2.29. The summed E-state index contributed by atoms with van der Waals surface area (Å²) in [5.41, 5.74) is 9.93. The Morgan fingerprint density at radius 1 is 1.09 bits per heavy atom. The molecule has 2 N–H and O–H groups in total. The van der Waals surface area contributed by atoms with E-state index < -0.39 is 0 Å². The third kappa shape index (κ3) is 5.98. The van der Waals surface area contributed by atoms with Crippen LogP contribution in [0.1, 0.15) is 16.7 Å². The number of anilines is 1. The van der Waals surface area contributed by atoms with Crippen LogP contribution in [0.3, 0.4) is 0 Å². The summed E-state index contributed by atoms with van der Waals surface area (Å²) in [7, 11) is 0. The molecule has 0 saturated carbocycles. The van der Waals surface area contributed by atoms with Gasteiger partial charge < -0.3 is 5.73 Å². The molecule has 0 bridgehead atoms. The molecule has 1 heterocycles. The number of hydrogen-bond donors (Lipinski definition) is 1. The van der Waals surface area contributed by atoms with Crippen LogP contribution in [0.2, 0.25) is 0 Å². The number of para-hydroxylation sites is 1. The number of halogens is 1. The first-order chi connectivity index (χ1) is 17.0. The first-order valence-corrected chi connectivity index (χ1v) is 11.5. The molecule has 10 heteroatoms. The highest BCUT2D eigenvalue weighted by Crippen LogP contribution is 2.29. The molecule has 8 nitrogen and oxygen atoms in total. The molecule has 1 aliphatic heterocycles. The Hall–Kier alpha value is -4.31. The summed E-state index contributed by atoms with van der Waals surface area (Å²) in [6, 6.07) is 21.0. The van der Waals surface area contributed by atoms with Gasteiger partial charge in [0, 0.05) is 10.1 Å². The van der Waals surface area contributed by atoms with Crippen LogP contribution in [0.5, 0.6) is 5.75 Å². The Kier molecular flexibility index (Phi) is 7.63. The van der Waals surface area contributed by atoms with Crippen LogP contribution in [0, 0.1) is 6.92 Å². The van der Waals surface area contributed by atoms with Crippen molar-refractivity contribution in [1.82, 2.24) is 0 Å². The molecule has 176 valence electrons. The van der Waals surface area contributed by atoms with Gasteiger partial charge in [-0.3, -0.25) is 14.6 Å². The zero-order valence-corrected chi connectivity index (χ0v) is 19.5. The summed E-state index contributed by atoms with van der Waals surface area (Å²) in [4.78, 5) is 25.9. The van der Waals surface area contributed by atoms with Gasteiger partial charge >= 0.3 is 0 Å². The molecule has 0 radical (unpaired) electrons. The molecule has 0 spiro atoms. The minimum absolute atomic E-state index is 0.0216. The van der Waals surface area contributed by atoms with Gasteiger partial charge in [0.2, 0.25) is 5.91 Å².